The number of carbonyl (C=O) groups is 2. The molecule has 1 saturated carbocycles. The molecule has 2 aromatic heterocycles. The van der Waals surface area contributed by atoms with Gasteiger partial charge in [0.05, 0.1) is 16.8 Å². The van der Waals surface area contributed by atoms with Gasteiger partial charge in [0.25, 0.3) is 0 Å². The molecule has 2 aromatic rings. The SMILES string of the molecule is C[C@@H]1CC2(CCC(NCc3ccc(-n4cnnn4)nn3)CC2)C(=O)N1C1=CC(=O)OC1. The molecule has 1 atom stereocenters. The molecule has 11 nitrogen and oxygen atoms in total. The van der Waals surface area contributed by atoms with Crippen LogP contribution in [0.5, 0.6) is 0 Å². The fraction of sp³-hybridized carbons (Fsp3) is 0.550. The third kappa shape index (κ3) is 3.69. The third-order valence-corrected chi connectivity index (χ3v) is 6.56. The van der Waals surface area contributed by atoms with E-state index in [1.165, 1.54) is 17.1 Å². The number of cyclic esters (lactones) is 1. The topological polar surface area (TPSA) is 128 Å². The van der Waals surface area contributed by atoms with E-state index >= 15 is 0 Å². The standard InChI is InChI=1S/C20H24N8O3/c1-13-9-20(19(30)28(13)16-8-18(29)31-11-16)6-4-14(5-7-20)21-10-15-2-3-17(24-23-15)27-12-22-25-26-27/h2-3,8,12-14,21H,4-7,9-11H2,1H3/t13-,14?,20?/m1/s1. The molecule has 11 heteroatoms. The Hall–Kier alpha value is -3.21. The van der Waals surface area contributed by atoms with Crippen molar-refractivity contribution >= 4 is 11.9 Å². The van der Waals surface area contributed by atoms with Crippen LogP contribution in [-0.4, -0.2) is 65.9 Å². The molecular formula is C20H24N8O3. The van der Waals surface area contributed by atoms with E-state index in [1.807, 2.05) is 12.1 Å². The van der Waals surface area contributed by atoms with Gasteiger partial charge < -0.3 is 15.0 Å². The molecule has 2 fully saturated rings. The molecule has 4 heterocycles. The minimum Gasteiger partial charge on any atom is -0.456 e. The van der Waals surface area contributed by atoms with Crippen LogP contribution in [0.15, 0.2) is 30.2 Å². The monoisotopic (exact) mass is 424 g/mol. The Balaban J connectivity index is 1.16. The minimum atomic E-state index is -0.363. The molecule has 162 valence electrons. The molecule has 1 N–H and O–H groups in total. The number of amides is 1. The summed E-state index contributed by atoms with van der Waals surface area (Å²) < 4.78 is 6.47. The lowest BCUT2D eigenvalue weighted by atomic mass is 9.70. The smallest absolute Gasteiger partial charge is 0.333 e. The average Bonchev–Trinajstić information content (AvgIpc) is 3.50. The number of likely N-dealkylation sites (tertiary alicyclic amines) is 1. The largest absolute Gasteiger partial charge is 0.456 e. The van der Waals surface area contributed by atoms with Gasteiger partial charge in [-0.25, -0.2) is 4.79 Å². The van der Waals surface area contributed by atoms with Crippen molar-refractivity contribution in [3.63, 3.8) is 0 Å². The summed E-state index contributed by atoms with van der Waals surface area (Å²) in [5.74, 6) is 0.348. The third-order valence-electron chi connectivity index (χ3n) is 6.56. The number of tetrazole rings is 1. The fourth-order valence-electron chi connectivity index (χ4n) is 4.99. The minimum absolute atomic E-state index is 0.0896. The summed E-state index contributed by atoms with van der Waals surface area (Å²) in [6.45, 7) is 2.87. The predicted octanol–water partition coefficient (Wildman–Crippen LogP) is 0.532. The van der Waals surface area contributed by atoms with E-state index < -0.39 is 0 Å². The van der Waals surface area contributed by atoms with E-state index in [9.17, 15) is 9.59 Å². The van der Waals surface area contributed by atoms with Crippen LogP contribution < -0.4 is 5.32 Å². The number of hydrogen-bond donors (Lipinski definition) is 1. The molecule has 1 spiro atoms. The molecule has 1 aliphatic carbocycles. The quantitative estimate of drug-likeness (QED) is 0.684. The molecular weight excluding hydrogens is 400 g/mol. The van der Waals surface area contributed by atoms with Crippen molar-refractivity contribution in [2.45, 2.75) is 57.7 Å². The van der Waals surface area contributed by atoms with Crippen molar-refractivity contribution in [1.82, 2.24) is 40.6 Å². The molecule has 0 aromatic carbocycles. The van der Waals surface area contributed by atoms with Crippen molar-refractivity contribution in [3.8, 4) is 5.82 Å². The van der Waals surface area contributed by atoms with E-state index in [1.54, 1.807) is 4.90 Å². The van der Waals surface area contributed by atoms with Crippen LogP contribution in [-0.2, 0) is 20.9 Å². The molecule has 0 bridgehead atoms. The Morgan fingerprint density at radius 1 is 1.23 bits per heavy atom. The van der Waals surface area contributed by atoms with E-state index in [0.29, 0.717) is 24.1 Å². The summed E-state index contributed by atoms with van der Waals surface area (Å²) in [6.07, 6.45) is 7.29. The summed E-state index contributed by atoms with van der Waals surface area (Å²) in [6, 6.07) is 4.15. The van der Waals surface area contributed by atoms with E-state index in [2.05, 4.69) is 38.0 Å². The average molecular weight is 424 g/mol. The van der Waals surface area contributed by atoms with Gasteiger partial charge in [0.2, 0.25) is 5.91 Å². The first-order valence-corrected chi connectivity index (χ1v) is 10.5. The van der Waals surface area contributed by atoms with Crippen molar-refractivity contribution < 1.29 is 14.3 Å². The van der Waals surface area contributed by atoms with Crippen LogP contribution in [0.25, 0.3) is 5.82 Å². The van der Waals surface area contributed by atoms with Gasteiger partial charge in [-0.05, 0) is 61.6 Å². The molecule has 0 unspecified atom stereocenters. The van der Waals surface area contributed by atoms with Crippen LogP contribution in [0.3, 0.4) is 0 Å². The maximum Gasteiger partial charge on any atom is 0.333 e. The Kier molecular flexibility index (Phi) is 4.97. The van der Waals surface area contributed by atoms with Crippen molar-refractivity contribution in [2.24, 2.45) is 5.41 Å². The van der Waals surface area contributed by atoms with Gasteiger partial charge in [0, 0.05) is 24.7 Å². The molecule has 2 aliphatic heterocycles. The van der Waals surface area contributed by atoms with Gasteiger partial charge in [-0.15, -0.1) is 10.2 Å². The molecule has 1 saturated heterocycles. The Morgan fingerprint density at radius 2 is 2.06 bits per heavy atom. The maximum absolute atomic E-state index is 13.3. The van der Waals surface area contributed by atoms with Crippen LogP contribution in [0.2, 0.25) is 0 Å². The van der Waals surface area contributed by atoms with Crippen molar-refractivity contribution in [3.05, 3.63) is 35.9 Å². The normalized spacial score (nSPS) is 28.3. The Labute approximate surface area is 178 Å². The van der Waals surface area contributed by atoms with Crippen LogP contribution in [0.1, 0.15) is 44.7 Å². The highest BCUT2D eigenvalue weighted by Crippen LogP contribution is 2.48. The van der Waals surface area contributed by atoms with Crippen LogP contribution >= 0.6 is 0 Å². The number of esters is 1. The number of rotatable bonds is 5. The number of nitrogens with one attached hydrogen (secondary N) is 1. The summed E-state index contributed by atoms with van der Waals surface area (Å²) >= 11 is 0. The summed E-state index contributed by atoms with van der Waals surface area (Å²) in [5, 5.41) is 22.9. The summed E-state index contributed by atoms with van der Waals surface area (Å²) in [7, 11) is 0. The van der Waals surface area contributed by atoms with Crippen LogP contribution in [0.4, 0.5) is 0 Å². The van der Waals surface area contributed by atoms with Crippen molar-refractivity contribution in [1.29, 1.82) is 0 Å². The fourth-order valence-corrected chi connectivity index (χ4v) is 4.99. The second kappa shape index (κ2) is 7.80. The van der Waals surface area contributed by atoms with E-state index in [0.717, 1.165) is 37.8 Å². The number of nitrogens with zero attached hydrogens (tertiary/aromatic N) is 7. The molecule has 3 aliphatic rings. The molecule has 1 amide bonds. The highest BCUT2D eigenvalue weighted by Gasteiger charge is 2.52. The lowest BCUT2D eigenvalue weighted by Crippen LogP contribution is -2.42. The lowest BCUT2D eigenvalue weighted by molar-refractivity contribution is -0.138. The first-order valence-electron chi connectivity index (χ1n) is 10.5. The van der Waals surface area contributed by atoms with E-state index in [-0.39, 0.29) is 29.9 Å². The number of hydrogen-bond acceptors (Lipinski definition) is 9. The second-order valence-electron chi connectivity index (χ2n) is 8.54. The zero-order chi connectivity index (χ0) is 21.4. The van der Waals surface area contributed by atoms with Crippen LogP contribution in [0, 0.1) is 5.41 Å². The molecule has 31 heavy (non-hydrogen) atoms. The summed E-state index contributed by atoms with van der Waals surface area (Å²) in [4.78, 5) is 26.5. The van der Waals surface area contributed by atoms with E-state index in [4.69, 9.17) is 4.74 Å². The maximum atomic E-state index is 13.3. The Bertz CT molecular complexity index is 996. The van der Waals surface area contributed by atoms with Crippen molar-refractivity contribution in [2.75, 3.05) is 6.61 Å². The van der Waals surface area contributed by atoms with Gasteiger partial charge in [-0.1, -0.05) is 0 Å². The number of aromatic nitrogens is 6. The Morgan fingerprint density at radius 3 is 2.71 bits per heavy atom. The van der Waals surface area contributed by atoms with Gasteiger partial charge in [-0.2, -0.15) is 9.78 Å². The zero-order valence-corrected chi connectivity index (χ0v) is 17.3. The highest BCUT2D eigenvalue weighted by atomic mass is 16.5. The summed E-state index contributed by atoms with van der Waals surface area (Å²) in [5.41, 5.74) is 1.21. The lowest BCUT2D eigenvalue weighted by Gasteiger charge is -2.36. The van der Waals surface area contributed by atoms with Gasteiger partial charge in [0.1, 0.15) is 12.9 Å². The number of ether oxygens (including phenoxy) is 1. The first-order chi connectivity index (χ1) is 15.0. The zero-order valence-electron chi connectivity index (χ0n) is 17.3. The second-order valence-corrected chi connectivity index (χ2v) is 8.54. The predicted molar refractivity (Wildman–Crippen MR) is 106 cm³/mol. The van der Waals surface area contributed by atoms with Gasteiger partial charge >= 0.3 is 5.97 Å². The number of carbonyl (C=O) groups excluding carboxylic acids is 2. The highest BCUT2D eigenvalue weighted by molar-refractivity contribution is 5.91. The van der Waals surface area contributed by atoms with Gasteiger partial charge in [0.15, 0.2) is 5.82 Å². The molecule has 5 rings (SSSR count). The van der Waals surface area contributed by atoms with Gasteiger partial charge in [-0.3, -0.25) is 4.79 Å². The molecule has 0 radical (unpaired) electrons. The first kappa shape index (κ1) is 19.7.